The molecular weight excluding hydrogens is 316 g/mol. The lowest BCUT2D eigenvalue weighted by molar-refractivity contribution is -0.126. The highest BCUT2D eigenvalue weighted by Crippen LogP contribution is 2.27. The van der Waals surface area contributed by atoms with Crippen molar-refractivity contribution in [3.05, 3.63) is 28.8 Å². The number of halogens is 1. The Morgan fingerprint density at radius 1 is 1.39 bits per heavy atom. The van der Waals surface area contributed by atoms with Gasteiger partial charge in [0.1, 0.15) is 12.6 Å². The molecule has 23 heavy (non-hydrogen) atoms. The molecule has 120 valence electrons. The number of anilines is 1. The van der Waals surface area contributed by atoms with Crippen molar-refractivity contribution >= 4 is 29.2 Å². The fourth-order valence-corrected chi connectivity index (χ4v) is 3.50. The molecule has 1 aromatic carbocycles. The summed E-state index contributed by atoms with van der Waals surface area (Å²) in [6.07, 6.45) is 3.93. The lowest BCUT2D eigenvalue weighted by Gasteiger charge is -2.43. The van der Waals surface area contributed by atoms with Crippen LogP contribution in [0, 0.1) is 11.3 Å². The van der Waals surface area contributed by atoms with Crippen molar-refractivity contribution in [1.82, 2.24) is 10.2 Å². The summed E-state index contributed by atoms with van der Waals surface area (Å²) in [5.74, 6) is -0.124. The van der Waals surface area contributed by atoms with Gasteiger partial charge in [0.25, 0.3) is 0 Å². The number of piperazine rings is 1. The predicted octanol–water partition coefficient (Wildman–Crippen LogP) is 2.49. The average Bonchev–Trinajstić information content (AvgIpc) is 2.54. The van der Waals surface area contributed by atoms with Crippen LogP contribution in [-0.2, 0) is 4.79 Å². The van der Waals surface area contributed by atoms with Crippen LogP contribution >= 0.6 is 11.6 Å². The first-order valence-corrected chi connectivity index (χ1v) is 8.03. The molecule has 7 heteroatoms. The van der Waals surface area contributed by atoms with Crippen LogP contribution in [0.25, 0.3) is 0 Å². The molecule has 1 aliphatic heterocycles. The molecule has 1 aliphatic carbocycles. The fraction of sp³-hybridized carbons (Fsp3) is 0.438. The second-order valence-corrected chi connectivity index (χ2v) is 6.30. The first-order chi connectivity index (χ1) is 11.1. The molecule has 1 saturated carbocycles. The molecule has 3 amide bonds. The lowest BCUT2D eigenvalue weighted by Crippen LogP contribution is -2.63. The van der Waals surface area contributed by atoms with Crippen molar-refractivity contribution in [1.29, 1.82) is 5.26 Å². The summed E-state index contributed by atoms with van der Waals surface area (Å²) in [7, 11) is 0. The number of urea groups is 1. The Hall–Kier alpha value is -2.26. The maximum Gasteiger partial charge on any atom is 0.322 e. The third-order valence-electron chi connectivity index (χ3n) is 4.39. The Bertz CT molecular complexity index is 685. The lowest BCUT2D eigenvalue weighted by atomic mass is 9.87. The number of rotatable bonds is 1. The minimum Gasteiger partial charge on any atom is -0.350 e. The maximum atomic E-state index is 12.6. The normalized spacial score (nSPS) is 23.5. The number of nitriles is 1. The van der Waals surface area contributed by atoms with Crippen LogP contribution in [0.1, 0.15) is 31.2 Å². The zero-order valence-corrected chi connectivity index (χ0v) is 13.3. The summed E-state index contributed by atoms with van der Waals surface area (Å²) in [5.41, 5.74) is 0.867. The molecule has 0 aromatic heterocycles. The number of amides is 3. The molecule has 1 saturated heterocycles. The quantitative estimate of drug-likeness (QED) is 0.828. The van der Waals surface area contributed by atoms with E-state index in [1.165, 1.54) is 0 Å². The SMILES string of the molecule is N#Cc1ccc(NC(=O)N2CC(=O)N[C@H]3CCCC[C@H]32)cc1Cl. The second-order valence-electron chi connectivity index (χ2n) is 5.89. The zero-order valence-electron chi connectivity index (χ0n) is 12.5. The first-order valence-electron chi connectivity index (χ1n) is 7.65. The van der Waals surface area contributed by atoms with Crippen LogP contribution in [0.3, 0.4) is 0 Å². The Morgan fingerprint density at radius 2 is 2.17 bits per heavy atom. The molecule has 2 fully saturated rings. The van der Waals surface area contributed by atoms with Crippen LogP contribution in [0.5, 0.6) is 0 Å². The molecule has 0 spiro atoms. The molecule has 2 atom stereocenters. The highest BCUT2D eigenvalue weighted by atomic mass is 35.5. The van der Waals surface area contributed by atoms with Gasteiger partial charge in [-0.1, -0.05) is 24.4 Å². The van der Waals surface area contributed by atoms with Crippen molar-refractivity contribution in [3.63, 3.8) is 0 Å². The maximum absolute atomic E-state index is 12.6. The number of hydrogen-bond acceptors (Lipinski definition) is 3. The third kappa shape index (κ3) is 3.25. The standard InChI is InChI=1S/C16H17ClN4O2/c17-12-7-11(6-5-10(12)8-18)19-16(23)21-9-15(22)20-13-3-1-2-4-14(13)21/h5-7,13-14H,1-4,9H2,(H,19,23)(H,20,22)/t13-,14+/m0/s1. The van der Waals surface area contributed by atoms with Crippen LogP contribution in [0.4, 0.5) is 10.5 Å². The Morgan fingerprint density at radius 3 is 2.91 bits per heavy atom. The van der Waals surface area contributed by atoms with E-state index < -0.39 is 0 Å². The number of nitrogens with one attached hydrogen (secondary N) is 2. The van der Waals surface area contributed by atoms with Crippen LogP contribution in [0.15, 0.2) is 18.2 Å². The van der Waals surface area contributed by atoms with Crippen molar-refractivity contribution < 1.29 is 9.59 Å². The van der Waals surface area contributed by atoms with Gasteiger partial charge in [0.2, 0.25) is 5.91 Å². The van der Waals surface area contributed by atoms with Gasteiger partial charge in [0.05, 0.1) is 16.6 Å². The van der Waals surface area contributed by atoms with Crippen LogP contribution in [0.2, 0.25) is 5.02 Å². The summed E-state index contributed by atoms with van der Waals surface area (Å²) in [4.78, 5) is 26.0. The first kappa shape index (κ1) is 15.6. The second kappa shape index (κ2) is 6.47. The van der Waals surface area contributed by atoms with Gasteiger partial charge in [0.15, 0.2) is 0 Å². The largest absolute Gasteiger partial charge is 0.350 e. The van der Waals surface area contributed by atoms with Gasteiger partial charge in [-0.3, -0.25) is 4.79 Å². The van der Waals surface area contributed by atoms with Gasteiger partial charge in [0, 0.05) is 11.7 Å². The monoisotopic (exact) mass is 332 g/mol. The molecule has 1 aromatic rings. The summed E-state index contributed by atoms with van der Waals surface area (Å²) in [5, 5.41) is 14.9. The summed E-state index contributed by atoms with van der Waals surface area (Å²) in [6.45, 7) is 0.0665. The van der Waals surface area contributed by atoms with Crippen LogP contribution in [-0.4, -0.2) is 35.5 Å². The Labute approximate surface area is 139 Å². The molecule has 6 nitrogen and oxygen atoms in total. The van der Waals surface area contributed by atoms with E-state index in [4.69, 9.17) is 16.9 Å². The van der Waals surface area contributed by atoms with Gasteiger partial charge in [-0.15, -0.1) is 0 Å². The summed E-state index contributed by atoms with van der Waals surface area (Å²) < 4.78 is 0. The number of carbonyl (C=O) groups excluding carboxylic acids is 2. The van der Waals surface area contributed by atoms with Gasteiger partial charge in [-0.05, 0) is 31.0 Å². The van der Waals surface area contributed by atoms with E-state index in [1.807, 2.05) is 6.07 Å². The molecule has 0 bridgehead atoms. The van der Waals surface area contributed by atoms with E-state index in [0.717, 1.165) is 25.7 Å². The van der Waals surface area contributed by atoms with Gasteiger partial charge in [-0.2, -0.15) is 5.26 Å². The van der Waals surface area contributed by atoms with E-state index >= 15 is 0 Å². The van der Waals surface area contributed by atoms with E-state index in [0.29, 0.717) is 11.3 Å². The van der Waals surface area contributed by atoms with Crippen molar-refractivity contribution in [2.24, 2.45) is 0 Å². The number of benzene rings is 1. The van der Waals surface area contributed by atoms with E-state index in [9.17, 15) is 9.59 Å². The minimum atomic E-state index is -0.308. The van der Waals surface area contributed by atoms with E-state index in [1.54, 1.807) is 23.1 Å². The molecule has 0 unspecified atom stereocenters. The number of carbonyl (C=O) groups is 2. The van der Waals surface area contributed by atoms with Crippen molar-refractivity contribution in [2.45, 2.75) is 37.8 Å². The minimum absolute atomic E-state index is 0.0373. The fourth-order valence-electron chi connectivity index (χ4n) is 3.28. The number of hydrogen-bond donors (Lipinski definition) is 2. The highest BCUT2D eigenvalue weighted by Gasteiger charge is 2.38. The highest BCUT2D eigenvalue weighted by molar-refractivity contribution is 6.32. The molecular formula is C16H17ClN4O2. The number of fused-ring (bicyclic) bond motifs is 1. The smallest absolute Gasteiger partial charge is 0.322 e. The van der Waals surface area contributed by atoms with Crippen molar-refractivity contribution in [3.8, 4) is 6.07 Å². The van der Waals surface area contributed by atoms with Gasteiger partial charge >= 0.3 is 6.03 Å². The van der Waals surface area contributed by atoms with Gasteiger partial charge < -0.3 is 15.5 Å². The molecule has 1 heterocycles. The molecule has 0 radical (unpaired) electrons. The molecule has 3 rings (SSSR count). The Balaban J connectivity index is 1.75. The van der Waals surface area contributed by atoms with Crippen molar-refractivity contribution in [2.75, 3.05) is 11.9 Å². The number of nitrogens with zero attached hydrogens (tertiary/aromatic N) is 2. The summed E-state index contributed by atoms with van der Waals surface area (Å²) in [6, 6.07) is 6.48. The average molecular weight is 333 g/mol. The Kier molecular flexibility index (Phi) is 4.39. The van der Waals surface area contributed by atoms with Crippen LogP contribution < -0.4 is 10.6 Å². The third-order valence-corrected chi connectivity index (χ3v) is 4.70. The van der Waals surface area contributed by atoms with Gasteiger partial charge in [-0.25, -0.2) is 4.79 Å². The van der Waals surface area contributed by atoms with E-state index in [-0.39, 0.29) is 35.6 Å². The zero-order chi connectivity index (χ0) is 16.4. The molecule has 2 aliphatic rings. The topological polar surface area (TPSA) is 85.2 Å². The van der Waals surface area contributed by atoms with E-state index in [2.05, 4.69) is 10.6 Å². The molecule has 2 N–H and O–H groups in total. The summed E-state index contributed by atoms with van der Waals surface area (Å²) >= 11 is 5.98. The predicted molar refractivity (Wildman–Crippen MR) is 86.1 cm³/mol.